The molecule has 0 radical (unpaired) electrons. The van der Waals surface area contributed by atoms with Crippen molar-refractivity contribution in [2.24, 2.45) is 0 Å². The Morgan fingerprint density at radius 1 is 1.06 bits per heavy atom. The third-order valence-corrected chi connectivity index (χ3v) is 3.00. The van der Waals surface area contributed by atoms with E-state index in [0.717, 1.165) is 22.4 Å². The average molecular weight is 244 g/mol. The van der Waals surface area contributed by atoms with Crippen LogP contribution in [0.2, 0.25) is 5.02 Å². The predicted molar refractivity (Wildman–Crippen MR) is 71.0 cm³/mol. The molecule has 0 unspecified atom stereocenters. The van der Waals surface area contributed by atoms with Crippen LogP contribution in [0, 0.1) is 0 Å². The van der Waals surface area contributed by atoms with Crippen LogP contribution in [0.3, 0.4) is 0 Å². The standard InChI is InChI=1S/C13H10ClN3/c14-9-5-2-1-4-8(9)13-16-11-7-3-6-10(15)12(11)17-13/h1-7H,15H2,(H,16,17). The van der Waals surface area contributed by atoms with Crippen molar-refractivity contribution in [2.75, 3.05) is 5.73 Å². The lowest BCUT2D eigenvalue weighted by Crippen LogP contribution is -1.85. The number of benzene rings is 2. The lowest BCUT2D eigenvalue weighted by molar-refractivity contribution is 1.34. The van der Waals surface area contributed by atoms with Crippen LogP contribution in [0.15, 0.2) is 42.5 Å². The minimum atomic E-state index is 0.664. The van der Waals surface area contributed by atoms with Crippen molar-refractivity contribution in [3.8, 4) is 11.4 Å². The summed E-state index contributed by atoms with van der Waals surface area (Å²) in [5, 5.41) is 0.671. The van der Waals surface area contributed by atoms with Gasteiger partial charge in [0.1, 0.15) is 11.3 Å². The summed E-state index contributed by atoms with van der Waals surface area (Å²) < 4.78 is 0. The zero-order valence-corrected chi connectivity index (χ0v) is 9.70. The van der Waals surface area contributed by atoms with E-state index in [9.17, 15) is 0 Å². The Morgan fingerprint density at radius 2 is 1.88 bits per heavy atom. The molecule has 0 amide bonds. The van der Waals surface area contributed by atoms with Crippen molar-refractivity contribution in [2.45, 2.75) is 0 Å². The number of imidazole rings is 1. The summed E-state index contributed by atoms with van der Waals surface area (Å²) >= 11 is 6.13. The maximum atomic E-state index is 6.13. The molecule has 0 saturated carbocycles. The minimum Gasteiger partial charge on any atom is -0.397 e. The Labute approximate surface area is 103 Å². The van der Waals surface area contributed by atoms with Gasteiger partial charge in [-0.05, 0) is 24.3 Å². The number of aromatic nitrogens is 2. The van der Waals surface area contributed by atoms with Gasteiger partial charge in [0.2, 0.25) is 0 Å². The van der Waals surface area contributed by atoms with Crippen LogP contribution in [0.4, 0.5) is 5.69 Å². The molecule has 1 heterocycles. The molecule has 0 aliphatic heterocycles. The smallest absolute Gasteiger partial charge is 0.140 e. The van der Waals surface area contributed by atoms with Crippen molar-refractivity contribution in [1.82, 2.24) is 9.97 Å². The molecule has 0 aliphatic carbocycles. The summed E-state index contributed by atoms with van der Waals surface area (Å²) in [6.07, 6.45) is 0. The normalized spacial score (nSPS) is 10.9. The van der Waals surface area contributed by atoms with Crippen LogP contribution in [0.1, 0.15) is 0 Å². The molecule has 0 saturated heterocycles. The van der Waals surface area contributed by atoms with Crippen molar-refractivity contribution < 1.29 is 0 Å². The maximum Gasteiger partial charge on any atom is 0.140 e. The highest BCUT2D eigenvalue weighted by atomic mass is 35.5. The molecule has 1 aromatic heterocycles. The number of halogens is 1. The lowest BCUT2D eigenvalue weighted by Gasteiger charge is -1.98. The van der Waals surface area contributed by atoms with Gasteiger partial charge >= 0.3 is 0 Å². The van der Waals surface area contributed by atoms with Gasteiger partial charge in [0.15, 0.2) is 0 Å². The maximum absolute atomic E-state index is 6.13. The van der Waals surface area contributed by atoms with Gasteiger partial charge in [0, 0.05) is 5.56 Å². The number of nitrogens with zero attached hydrogens (tertiary/aromatic N) is 1. The quantitative estimate of drug-likeness (QED) is 0.643. The van der Waals surface area contributed by atoms with Crippen molar-refractivity contribution in [1.29, 1.82) is 0 Å². The van der Waals surface area contributed by atoms with E-state index in [1.54, 1.807) is 0 Å². The van der Waals surface area contributed by atoms with E-state index >= 15 is 0 Å². The molecule has 4 heteroatoms. The van der Waals surface area contributed by atoms with Gasteiger partial charge in [-0.15, -0.1) is 0 Å². The second-order valence-electron chi connectivity index (χ2n) is 3.81. The molecule has 3 N–H and O–H groups in total. The molecule has 17 heavy (non-hydrogen) atoms. The first-order valence-electron chi connectivity index (χ1n) is 5.25. The zero-order valence-electron chi connectivity index (χ0n) is 8.94. The second kappa shape index (κ2) is 3.79. The van der Waals surface area contributed by atoms with Gasteiger partial charge in [-0.1, -0.05) is 29.8 Å². The van der Waals surface area contributed by atoms with Gasteiger partial charge in [0.05, 0.1) is 16.2 Å². The SMILES string of the molecule is Nc1cccc2[nH]c(-c3ccccc3Cl)nc12. The van der Waals surface area contributed by atoms with E-state index in [1.165, 1.54) is 0 Å². The van der Waals surface area contributed by atoms with Gasteiger partial charge in [-0.25, -0.2) is 4.98 Å². The highest BCUT2D eigenvalue weighted by Crippen LogP contribution is 2.28. The summed E-state index contributed by atoms with van der Waals surface area (Å²) in [5.74, 6) is 0.739. The van der Waals surface area contributed by atoms with Gasteiger partial charge in [0.25, 0.3) is 0 Å². The van der Waals surface area contributed by atoms with E-state index < -0.39 is 0 Å². The molecule has 3 aromatic rings. The summed E-state index contributed by atoms with van der Waals surface area (Å²) in [6.45, 7) is 0. The van der Waals surface area contributed by atoms with E-state index in [2.05, 4.69) is 9.97 Å². The molecule has 0 atom stereocenters. The fourth-order valence-electron chi connectivity index (χ4n) is 1.84. The number of hydrogen-bond acceptors (Lipinski definition) is 2. The van der Waals surface area contributed by atoms with Crippen molar-refractivity contribution >= 4 is 28.3 Å². The van der Waals surface area contributed by atoms with Gasteiger partial charge in [-0.2, -0.15) is 0 Å². The number of nitrogens with one attached hydrogen (secondary N) is 1. The molecule has 0 fully saturated rings. The Balaban J connectivity index is 2.26. The monoisotopic (exact) mass is 243 g/mol. The number of rotatable bonds is 1. The fraction of sp³-hybridized carbons (Fsp3) is 0. The molecule has 3 nitrogen and oxygen atoms in total. The van der Waals surface area contributed by atoms with Crippen LogP contribution in [0.25, 0.3) is 22.4 Å². The molecule has 0 aliphatic rings. The third kappa shape index (κ3) is 1.65. The van der Waals surface area contributed by atoms with Crippen LogP contribution in [0.5, 0.6) is 0 Å². The molecule has 2 aromatic carbocycles. The molecular formula is C13H10ClN3. The van der Waals surface area contributed by atoms with Crippen LogP contribution in [-0.4, -0.2) is 9.97 Å². The summed E-state index contributed by atoms with van der Waals surface area (Å²) in [5.41, 5.74) is 9.11. The van der Waals surface area contributed by atoms with Crippen LogP contribution in [-0.2, 0) is 0 Å². The molecule has 84 valence electrons. The number of nitrogen functional groups attached to an aromatic ring is 1. The van der Waals surface area contributed by atoms with Gasteiger partial charge < -0.3 is 10.7 Å². The summed E-state index contributed by atoms with van der Waals surface area (Å²) in [7, 11) is 0. The first-order chi connectivity index (χ1) is 8.25. The second-order valence-corrected chi connectivity index (χ2v) is 4.22. The topological polar surface area (TPSA) is 54.7 Å². The largest absolute Gasteiger partial charge is 0.397 e. The van der Waals surface area contributed by atoms with Crippen LogP contribution < -0.4 is 5.73 Å². The first-order valence-corrected chi connectivity index (χ1v) is 5.62. The fourth-order valence-corrected chi connectivity index (χ4v) is 2.06. The molecule has 0 bridgehead atoms. The zero-order chi connectivity index (χ0) is 11.8. The molecule has 3 rings (SSSR count). The summed E-state index contributed by atoms with van der Waals surface area (Å²) in [6, 6.07) is 13.3. The van der Waals surface area contributed by atoms with Crippen molar-refractivity contribution in [3.63, 3.8) is 0 Å². The number of nitrogens with two attached hydrogens (primary N) is 1. The Hall–Kier alpha value is -2.00. The summed E-state index contributed by atoms with van der Waals surface area (Å²) in [4.78, 5) is 7.70. The van der Waals surface area contributed by atoms with Gasteiger partial charge in [-0.3, -0.25) is 0 Å². The first kappa shape index (κ1) is 10.2. The van der Waals surface area contributed by atoms with E-state index in [4.69, 9.17) is 17.3 Å². The lowest BCUT2D eigenvalue weighted by atomic mass is 10.2. The average Bonchev–Trinajstić information content (AvgIpc) is 2.75. The van der Waals surface area contributed by atoms with E-state index in [0.29, 0.717) is 10.7 Å². The number of anilines is 1. The van der Waals surface area contributed by atoms with Crippen LogP contribution >= 0.6 is 11.6 Å². The number of para-hydroxylation sites is 1. The molecule has 0 spiro atoms. The van der Waals surface area contributed by atoms with E-state index in [1.807, 2.05) is 42.5 Å². The highest BCUT2D eigenvalue weighted by molar-refractivity contribution is 6.33. The molecular weight excluding hydrogens is 234 g/mol. The number of fused-ring (bicyclic) bond motifs is 1. The minimum absolute atomic E-state index is 0.664. The number of H-pyrrole nitrogens is 1. The number of aromatic amines is 1. The van der Waals surface area contributed by atoms with Crippen molar-refractivity contribution in [3.05, 3.63) is 47.5 Å². The van der Waals surface area contributed by atoms with E-state index in [-0.39, 0.29) is 0 Å². The third-order valence-electron chi connectivity index (χ3n) is 2.67. The highest BCUT2D eigenvalue weighted by Gasteiger charge is 2.09. The Morgan fingerprint density at radius 3 is 2.65 bits per heavy atom. The Bertz CT molecular complexity index is 688. The number of hydrogen-bond donors (Lipinski definition) is 2. The Kier molecular flexibility index (Phi) is 2.27. The predicted octanol–water partition coefficient (Wildman–Crippen LogP) is 3.47.